The molecule has 0 amide bonds. The number of carboxylic acid groups (broad SMARTS) is 1. The smallest absolute Gasteiger partial charge is 0.338 e. The lowest BCUT2D eigenvalue weighted by atomic mass is 10.1. The number of aromatic carboxylic acids is 1. The van der Waals surface area contributed by atoms with E-state index in [1.807, 2.05) is 6.92 Å². The minimum Gasteiger partial charge on any atom is -0.478 e. The van der Waals surface area contributed by atoms with Crippen molar-refractivity contribution in [3.8, 4) is 0 Å². The quantitative estimate of drug-likeness (QED) is 0.637. The van der Waals surface area contributed by atoms with Crippen molar-refractivity contribution in [3.63, 3.8) is 0 Å². The zero-order valence-electron chi connectivity index (χ0n) is 10.3. The van der Waals surface area contributed by atoms with E-state index in [1.165, 1.54) is 12.1 Å². The molecule has 102 valence electrons. The van der Waals surface area contributed by atoms with E-state index < -0.39 is 10.9 Å². The Morgan fingerprint density at radius 3 is 2.84 bits per heavy atom. The highest BCUT2D eigenvalue weighted by atomic mass is 16.6. The first-order chi connectivity index (χ1) is 8.99. The Hall–Kier alpha value is -2.15. The highest BCUT2D eigenvalue weighted by Crippen LogP contribution is 2.25. The molecular formula is C12H14N2O5. The first-order valence-corrected chi connectivity index (χ1v) is 5.89. The van der Waals surface area contributed by atoms with Crippen molar-refractivity contribution >= 4 is 17.3 Å². The predicted octanol–water partition coefficient (Wildman–Crippen LogP) is 1.88. The van der Waals surface area contributed by atoms with E-state index >= 15 is 0 Å². The number of carboxylic acids is 1. The van der Waals surface area contributed by atoms with Gasteiger partial charge in [0.25, 0.3) is 5.69 Å². The van der Waals surface area contributed by atoms with Crippen molar-refractivity contribution in [2.24, 2.45) is 0 Å². The monoisotopic (exact) mass is 266 g/mol. The number of nitrogens with one attached hydrogen (secondary N) is 1. The molecule has 0 radical (unpaired) electrons. The van der Waals surface area contributed by atoms with Crippen LogP contribution >= 0.6 is 0 Å². The minimum absolute atomic E-state index is 0.0135. The van der Waals surface area contributed by atoms with Crippen LogP contribution in [0.4, 0.5) is 11.4 Å². The summed E-state index contributed by atoms with van der Waals surface area (Å²) in [7, 11) is 0. The first kappa shape index (κ1) is 13.3. The molecule has 0 spiro atoms. The molecule has 7 heteroatoms. The molecule has 1 heterocycles. The lowest BCUT2D eigenvalue weighted by Crippen LogP contribution is -2.27. The second kappa shape index (κ2) is 5.23. The topological polar surface area (TPSA) is 102 Å². The second-order valence-corrected chi connectivity index (χ2v) is 4.41. The molecule has 0 aliphatic carbocycles. The van der Waals surface area contributed by atoms with Crippen LogP contribution in [0.1, 0.15) is 23.7 Å². The van der Waals surface area contributed by atoms with Gasteiger partial charge in [0.2, 0.25) is 0 Å². The van der Waals surface area contributed by atoms with Gasteiger partial charge in [-0.3, -0.25) is 10.1 Å². The summed E-state index contributed by atoms with van der Waals surface area (Å²) in [6.07, 6.45) is 0.758. The number of non-ortho nitro benzene ring substituents is 1. The summed E-state index contributed by atoms with van der Waals surface area (Å²) in [6.45, 7) is 2.52. The third-order valence-electron chi connectivity index (χ3n) is 3.16. The average Bonchev–Trinajstić information content (AvgIpc) is 2.75. The van der Waals surface area contributed by atoms with Gasteiger partial charge in [-0.1, -0.05) is 0 Å². The van der Waals surface area contributed by atoms with Crippen molar-refractivity contribution in [2.75, 3.05) is 11.9 Å². The van der Waals surface area contributed by atoms with Gasteiger partial charge in [-0.15, -0.1) is 0 Å². The van der Waals surface area contributed by atoms with Crippen LogP contribution in [-0.4, -0.2) is 34.8 Å². The molecule has 2 unspecified atom stereocenters. The number of nitro groups is 1. The fourth-order valence-corrected chi connectivity index (χ4v) is 2.07. The lowest BCUT2D eigenvalue weighted by Gasteiger charge is -2.18. The number of ether oxygens (including phenoxy) is 1. The van der Waals surface area contributed by atoms with Crippen molar-refractivity contribution in [2.45, 2.75) is 25.5 Å². The van der Waals surface area contributed by atoms with Crippen LogP contribution in [0.5, 0.6) is 0 Å². The molecule has 2 atom stereocenters. The Morgan fingerprint density at radius 2 is 2.32 bits per heavy atom. The Bertz CT molecular complexity index is 517. The largest absolute Gasteiger partial charge is 0.478 e. The number of hydrogen-bond donors (Lipinski definition) is 2. The maximum atomic E-state index is 11.2. The summed E-state index contributed by atoms with van der Waals surface area (Å²) in [6, 6.07) is 3.78. The van der Waals surface area contributed by atoms with Crippen LogP contribution in [0.15, 0.2) is 18.2 Å². The van der Waals surface area contributed by atoms with Gasteiger partial charge in [0.15, 0.2) is 0 Å². The third kappa shape index (κ3) is 2.82. The molecule has 2 rings (SSSR count). The maximum absolute atomic E-state index is 11.2. The highest BCUT2D eigenvalue weighted by Gasteiger charge is 2.26. The maximum Gasteiger partial charge on any atom is 0.338 e. The van der Waals surface area contributed by atoms with Gasteiger partial charge in [-0.25, -0.2) is 4.79 Å². The Morgan fingerprint density at radius 1 is 1.58 bits per heavy atom. The molecule has 1 aliphatic rings. The molecule has 2 N–H and O–H groups in total. The fourth-order valence-electron chi connectivity index (χ4n) is 2.07. The molecule has 1 aliphatic heterocycles. The standard InChI is InChI=1S/C12H14N2O5/c1-7-10(4-5-19-7)13-11-3-2-8(14(17)18)6-9(11)12(15)16/h2-3,6-7,10,13H,4-5H2,1H3,(H,15,16). The number of anilines is 1. The predicted molar refractivity (Wildman–Crippen MR) is 67.5 cm³/mol. The molecule has 0 bridgehead atoms. The summed E-state index contributed by atoms with van der Waals surface area (Å²) in [4.78, 5) is 21.2. The molecule has 0 aromatic heterocycles. The lowest BCUT2D eigenvalue weighted by molar-refractivity contribution is -0.384. The molecule has 1 fully saturated rings. The van der Waals surface area contributed by atoms with E-state index in [2.05, 4.69) is 5.32 Å². The van der Waals surface area contributed by atoms with Gasteiger partial charge in [0.1, 0.15) is 0 Å². The van der Waals surface area contributed by atoms with Crippen LogP contribution in [0, 0.1) is 10.1 Å². The van der Waals surface area contributed by atoms with E-state index in [9.17, 15) is 14.9 Å². The summed E-state index contributed by atoms with van der Waals surface area (Å²) >= 11 is 0. The van der Waals surface area contributed by atoms with Gasteiger partial charge in [-0.2, -0.15) is 0 Å². The van der Waals surface area contributed by atoms with E-state index in [0.29, 0.717) is 12.3 Å². The minimum atomic E-state index is -1.20. The Kier molecular flexibility index (Phi) is 3.66. The van der Waals surface area contributed by atoms with Crippen LogP contribution in [0.3, 0.4) is 0 Å². The first-order valence-electron chi connectivity index (χ1n) is 5.89. The van der Waals surface area contributed by atoms with Gasteiger partial charge in [-0.05, 0) is 19.4 Å². The molecule has 0 saturated carbocycles. The zero-order valence-corrected chi connectivity index (χ0v) is 10.3. The highest BCUT2D eigenvalue weighted by molar-refractivity contribution is 5.95. The van der Waals surface area contributed by atoms with Gasteiger partial charge in [0, 0.05) is 24.4 Å². The Labute approximate surface area is 109 Å². The van der Waals surface area contributed by atoms with Gasteiger partial charge >= 0.3 is 5.97 Å². The summed E-state index contributed by atoms with van der Waals surface area (Å²) in [5, 5.41) is 22.9. The van der Waals surface area contributed by atoms with Crippen molar-refractivity contribution in [1.29, 1.82) is 0 Å². The van der Waals surface area contributed by atoms with Gasteiger partial charge in [0.05, 0.1) is 22.6 Å². The van der Waals surface area contributed by atoms with Crippen LogP contribution < -0.4 is 5.32 Å². The van der Waals surface area contributed by atoms with Crippen molar-refractivity contribution < 1.29 is 19.6 Å². The third-order valence-corrected chi connectivity index (χ3v) is 3.16. The number of rotatable bonds is 4. The number of benzene rings is 1. The molecule has 1 aromatic carbocycles. The molecule has 7 nitrogen and oxygen atoms in total. The van der Waals surface area contributed by atoms with E-state index in [-0.39, 0.29) is 23.4 Å². The molecule has 1 saturated heterocycles. The van der Waals surface area contributed by atoms with E-state index in [0.717, 1.165) is 12.5 Å². The fraction of sp³-hybridized carbons (Fsp3) is 0.417. The number of hydrogen-bond acceptors (Lipinski definition) is 5. The molecule has 19 heavy (non-hydrogen) atoms. The Balaban J connectivity index is 2.29. The SMILES string of the molecule is CC1OCCC1Nc1ccc([N+](=O)[O-])cc1C(=O)O. The average molecular weight is 266 g/mol. The second-order valence-electron chi connectivity index (χ2n) is 4.41. The van der Waals surface area contributed by atoms with Crippen LogP contribution in [0.2, 0.25) is 0 Å². The number of nitrogens with zero attached hydrogens (tertiary/aromatic N) is 1. The van der Waals surface area contributed by atoms with Gasteiger partial charge < -0.3 is 15.2 Å². The van der Waals surface area contributed by atoms with Crippen LogP contribution in [0.25, 0.3) is 0 Å². The van der Waals surface area contributed by atoms with E-state index in [1.54, 1.807) is 0 Å². The van der Waals surface area contributed by atoms with Crippen molar-refractivity contribution in [3.05, 3.63) is 33.9 Å². The number of nitro benzene ring substituents is 1. The summed E-state index contributed by atoms with van der Waals surface area (Å²) < 4.78 is 5.38. The molecular weight excluding hydrogens is 252 g/mol. The summed E-state index contributed by atoms with van der Waals surface area (Å²) in [5.74, 6) is -1.20. The normalized spacial score (nSPS) is 22.2. The van der Waals surface area contributed by atoms with Crippen molar-refractivity contribution in [1.82, 2.24) is 0 Å². The zero-order chi connectivity index (χ0) is 14.0. The van der Waals surface area contributed by atoms with Crippen LogP contribution in [-0.2, 0) is 4.74 Å². The summed E-state index contributed by atoms with van der Waals surface area (Å²) in [5.41, 5.74) is 0.0346. The molecule has 1 aromatic rings. The number of carbonyl (C=O) groups is 1. The van der Waals surface area contributed by atoms with E-state index in [4.69, 9.17) is 9.84 Å².